The van der Waals surface area contributed by atoms with Crippen LogP contribution in [0.5, 0.6) is 5.75 Å². The number of nitrogens with zero attached hydrogens (tertiary/aromatic N) is 2. The molecule has 0 radical (unpaired) electrons. The van der Waals surface area contributed by atoms with E-state index in [9.17, 15) is 0 Å². The van der Waals surface area contributed by atoms with Crippen LogP contribution >= 0.6 is 27.5 Å². The van der Waals surface area contributed by atoms with Gasteiger partial charge in [0.1, 0.15) is 5.75 Å². The lowest BCUT2D eigenvalue weighted by atomic mass is 10.1. The van der Waals surface area contributed by atoms with Gasteiger partial charge in [-0.15, -0.1) is 16.7 Å². The third-order valence-corrected chi connectivity index (χ3v) is 3.68. The zero-order valence-electron chi connectivity index (χ0n) is 10.7. The van der Waals surface area contributed by atoms with E-state index in [4.69, 9.17) is 20.8 Å². The molecule has 20 heavy (non-hydrogen) atoms. The van der Waals surface area contributed by atoms with Crippen LogP contribution in [0.15, 0.2) is 21.0 Å². The Morgan fingerprint density at radius 2 is 2.25 bits per heavy atom. The number of aromatic nitrogens is 2. The van der Waals surface area contributed by atoms with Gasteiger partial charge in [-0.05, 0) is 17.7 Å². The fraction of sp³-hybridized carbons (Fsp3) is 0.385. The number of anilines is 1. The highest BCUT2D eigenvalue weighted by Gasteiger charge is 2.17. The van der Waals surface area contributed by atoms with Crippen LogP contribution in [0.2, 0.25) is 0 Å². The first kappa shape index (κ1) is 13.7. The molecule has 0 aliphatic carbocycles. The SMILES string of the molecule is ClCCc1nnc(NCc2cc(Br)cc3c2OCC3)o1. The number of alkyl halides is 1. The molecule has 1 aliphatic rings. The van der Waals surface area contributed by atoms with E-state index in [-0.39, 0.29) is 0 Å². The number of aryl methyl sites for hydroxylation is 1. The first-order valence-electron chi connectivity index (χ1n) is 6.32. The van der Waals surface area contributed by atoms with E-state index < -0.39 is 0 Å². The Morgan fingerprint density at radius 3 is 3.10 bits per heavy atom. The third kappa shape index (κ3) is 2.91. The number of benzene rings is 1. The minimum absolute atomic E-state index is 0.400. The summed E-state index contributed by atoms with van der Waals surface area (Å²) in [5, 5.41) is 10.9. The second-order valence-corrected chi connectivity index (χ2v) is 5.74. The van der Waals surface area contributed by atoms with Gasteiger partial charge in [0.2, 0.25) is 5.89 Å². The first-order valence-corrected chi connectivity index (χ1v) is 7.65. The second kappa shape index (κ2) is 6.01. The molecule has 0 spiro atoms. The molecule has 2 aromatic rings. The van der Waals surface area contributed by atoms with E-state index >= 15 is 0 Å². The Balaban J connectivity index is 1.72. The molecule has 5 nitrogen and oxygen atoms in total. The van der Waals surface area contributed by atoms with Gasteiger partial charge >= 0.3 is 6.01 Å². The summed E-state index contributed by atoms with van der Waals surface area (Å²) in [5.74, 6) is 1.97. The van der Waals surface area contributed by atoms with Crippen LogP contribution in [0.3, 0.4) is 0 Å². The molecule has 0 atom stereocenters. The van der Waals surface area contributed by atoms with Crippen molar-refractivity contribution < 1.29 is 9.15 Å². The smallest absolute Gasteiger partial charge is 0.315 e. The highest BCUT2D eigenvalue weighted by atomic mass is 79.9. The van der Waals surface area contributed by atoms with Crippen LogP contribution in [0.4, 0.5) is 6.01 Å². The van der Waals surface area contributed by atoms with Gasteiger partial charge in [0.05, 0.1) is 6.61 Å². The van der Waals surface area contributed by atoms with Gasteiger partial charge in [0.15, 0.2) is 0 Å². The van der Waals surface area contributed by atoms with Crippen molar-refractivity contribution in [3.63, 3.8) is 0 Å². The van der Waals surface area contributed by atoms with Gasteiger partial charge in [-0.2, -0.15) is 0 Å². The maximum absolute atomic E-state index is 5.67. The van der Waals surface area contributed by atoms with Crippen molar-refractivity contribution in [2.24, 2.45) is 0 Å². The van der Waals surface area contributed by atoms with E-state index in [0.717, 1.165) is 28.8 Å². The normalized spacial score (nSPS) is 13.1. The van der Waals surface area contributed by atoms with Crippen molar-refractivity contribution in [3.8, 4) is 5.75 Å². The number of fused-ring (bicyclic) bond motifs is 1. The first-order chi connectivity index (χ1) is 9.76. The summed E-state index contributed by atoms with van der Waals surface area (Å²) >= 11 is 9.15. The van der Waals surface area contributed by atoms with Crippen molar-refractivity contribution in [1.29, 1.82) is 0 Å². The van der Waals surface area contributed by atoms with Crippen molar-refractivity contribution in [2.45, 2.75) is 19.4 Å². The van der Waals surface area contributed by atoms with Gasteiger partial charge in [-0.25, -0.2) is 0 Å². The molecule has 0 bridgehead atoms. The summed E-state index contributed by atoms with van der Waals surface area (Å²) in [7, 11) is 0. The lowest BCUT2D eigenvalue weighted by Gasteiger charge is -2.09. The Labute approximate surface area is 129 Å². The number of rotatable bonds is 5. The van der Waals surface area contributed by atoms with Crippen LogP contribution in [-0.4, -0.2) is 22.7 Å². The summed E-state index contributed by atoms with van der Waals surface area (Å²) in [5.41, 5.74) is 2.30. The van der Waals surface area contributed by atoms with Crippen molar-refractivity contribution in [1.82, 2.24) is 10.2 Å². The molecule has 0 amide bonds. The number of hydrogen-bond acceptors (Lipinski definition) is 5. The lowest BCUT2D eigenvalue weighted by Crippen LogP contribution is -2.02. The van der Waals surface area contributed by atoms with Gasteiger partial charge in [0.25, 0.3) is 0 Å². The zero-order chi connectivity index (χ0) is 13.9. The number of ether oxygens (including phenoxy) is 1. The largest absolute Gasteiger partial charge is 0.493 e. The fourth-order valence-corrected chi connectivity index (χ4v) is 2.87. The van der Waals surface area contributed by atoms with Crippen LogP contribution < -0.4 is 10.1 Å². The molecule has 0 saturated heterocycles. The van der Waals surface area contributed by atoms with Crippen LogP contribution in [-0.2, 0) is 19.4 Å². The Bertz CT molecular complexity index is 618. The molecule has 1 aromatic carbocycles. The maximum atomic E-state index is 5.67. The van der Waals surface area contributed by atoms with Crippen LogP contribution in [0.1, 0.15) is 17.0 Å². The van der Waals surface area contributed by atoms with E-state index in [1.54, 1.807) is 0 Å². The summed E-state index contributed by atoms with van der Waals surface area (Å²) < 4.78 is 12.1. The molecule has 3 rings (SSSR count). The Kier molecular flexibility index (Phi) is 4.12. The molecular formula is C13H13BrClN3O2. The van der Waals surface area contributed by atoms with E-state index in [0.29, 0.717) is 30.8 Å². The molecule has 1 N–H and O–H groups in total. The maximum Gasteiger partial charge on any atom is 0.315 e. The van der Waals surface area contributed by atoms with Gasteiger partial charge in [-0.3, -0.25) is 0 Å². The molecule has 106 valence electrons. The second-order valence-electron chi connectivity index (χ2n) is 4.45. The minimum atomic E-state index is 0.400. The van der Waals surface area contributed by atoms with Crippen molar-refractivity contribution in [2.75, 3.05) is 17.8 Å². The highest BCUT2D eigenvalue weighted by molar-refractivity contribution is 9.10. The molecule has 0 unspecified atom stereocenters. The minimum Gasteiger partial charge on any atom is -0.493 e. The number of halogens is 2. The van der Waals surface area contributed by atoms with Crippen LogP contribution in [0.25, 0.3) is 0 Å². The Hall–Kier alpha value is -1.27. The lowest BCUT2D eigenvalue weighted by molar-refractivity contribution is 0.353. The number of nitrogens with one attached hydrogen (secondary N) is 1. The predicted molar refractivity (Wildman–Crippen MR) is 79.4 cm³/mol. The Morgan fingerprint density at radius 1 is 1.35 bits per heavy atom. The number of hydrogen-bond donors (Lipinski definition) is 1. The molecule has 1 aromatic heterocycles. The molecule has 7 heteroatoms. The zero-order valence-corrected chi connectivity index (χ0v) is 13.0. The van der Waals surface area contributed by atoms with Crippen LogP contribution in [0, 0.1) is 0 Å². The summed E-state index contributed by atoms with van der Waals surface area (Å²) in [4.78, 5) is 0. The fourth-order valence-electron chi connectivity index (χ4n) is 2.16. The predicted octanol–water partition coefficient (Wildman–Crippen LogP) is 3.16. The van der Waals surface area contributed by atoms with Gasteiger partial charge < -0.3 is 14.5 Å². The van der Waals surface area contributed by atoms with E-state index in [1.807, 2.05) is 6.07 Å². The summed E-state index contributed by atoms with van der Waals surface area (Å²) in [6.45, 7) is 1.31. The topological polar surface area (TPSA) is 60.2 Å². The van der Waals surface area contributed by atoms with Crippen molar-refractivity contribution in [3.05, 3.63) is 33.6 Å². The monoisotopic (exact) mass is 357 g/mol. The molecule has 0 saturated carbocycles. The average molecular weight is 359 g/mol. The van der Waals surface area contributed by atoms with Gasteiger partial charge in [0, 0.05) is 35.3 Å². The quantitative estimate of drug-likeness (QED) is 0.832. The summed E-state index contributed by atoms with van der Waals surface area (Å²) in [6.07, 6.45) is 1.52. The highest BCUT2D eigenvalue weighted by Crippen LogP contribution is 2.33. The summed E-state index contributed by atoms with van der Waals surface area (Å²) in [6, 6.07) is 4.53. The van der Waals surface area contributed by atoms with Crippen molar-refractivity contribution >= 4 is 33.5 Å². The van der Waals surface area contributed by atoms with Gasteiger partial charge in [-0.1, -0.05) is 21.0 Å². The van der Waals surface area contributed by atoms with E-state index in [1.165, 1.54) is 5.56 Å². The molecule has 2 heterocycles. The standard InChI is InChI=1S/C13H13BrClN3O2/c14-10-5-8-2-4-19-12(8)9(6-10)7-16-13-18-17-11(20-13)1-3-15/h5-6H,1-4,7H2,(H,16,18). The average Bonchev–Trinajstić information content (AvgIpc) is 3.05. The molecule has 1 aliphatic heterocycles. The molecule has 0 fully saturated rings. The third-order valence-electron chi connectivity index (χ3n) is 3.03. The molecular weight excluding hydrogens is 346 g/mol. The van der Waals surface area contributed by atoms with E-state index in [2.05, 4.69) is 37.5 Å².